The summed E-state index contributed by atoms with van der Waals surface area (Å²) < 4.78 is 5.49. The number of para-hydroxylation sites is 1. The van der Waals surface area contributed by atoms with E-state index in [4.69, 9.17) is 10.5 Å². The summed E-state index contributed by atoms with van der Waals surface area (Å²) in [5.74, 6) is 0.0478. The predicted molar refractivity (Wildman–Crippen MR) is 93.1 cm³/mol. The van der Waals surface area contributed by atoms with Gasteiger partial charge < -0.3 is 21.1 Å². The van der Waals surface area contributed by atoms with E-state index in [-0.39, 0.29) is 12.5 Å². The number of hydrogen-bond acceptors (Lipinski definition) is 4. The summed E-state index contributed by atoms with van der Waals surface area (Å²) in [5, 5.41) is 5.68. The van der Waals surface area contributed by atoms with Gasteiger partial charge in [-0.1, -0.05) is 30.3 Å². The Morgan fingerprint density at radius 1 is 1.08 bits per heavy atom. The molecule has 6 heteroatoms. The van der Waals surface area contributed by atoms with Crippen LogP contribution in [0, 0.1) is 6.92 Å². The molecule has 0 aliphatic rings. The number of carbonyl (C=O) groups excluding carboxylic acids is 2. The van der Waals surface area contributed by atoms with Gasteiger partial charge >= 0.3 is 0 Å². The van der Waals surface area contributed by atoms with Crippen molar-refractivity contribution in [2.45, 2.75) is 6.92 Å². The Bertz CT molecular complexity index is 702. The maximum Gasteiger partial charge on any atom is 0.251 e. The average Bonchev–Trinajstić information content (AvgIpc) is 2.57. The number of nitrogens with two attached hydrogens (primary N) is 1. The third kappa shape index (κ3) is 5.01. The Morgan fingerprint density at radius 3 is 2.54 bits per heavy atom. The summed E-state index contributed by atoms with van der Waals surface area (Å²) in [6.07, 6.45) is 0. The van der Waals surface area contributed by atoms with Crippen LogP contribution >= 0.6 is 0 Å². The van der Waals surface area contributed by atoms with Crippen LogP contribution in [0.2, 0.25) is 0 Å². The smallest absolute Gasteiger partial charge is 0.251 e. The summed E-state index contributed by atoms with van der Waals surface area (Å²) >= 11 is 0. The Labute approximate surface area is 141 Å². The van der Waals surface area contributed by atoms with Gasteiger partial charge in [0.1, 0.15) is 12.4 Å². The Kier molecular flexibility index (Phi) is 6.19. The lowest BCUT2D eigenvalue weighted by molar-refractivity contribution is -0.119. The number of anilines is 1. The topological polar surface area (TPSA) is 93.4 Å². The van der Waals surface area contributed by atoms with Gasteiger partial charge in [0.2, 0.25) is 5.91 Å². The van der Waals surface area contributed by atoms with Gasteiger partial charge in [-0.15, -0.1) is 0 Å². The summed E-state index contributed by atoms with van der Waals surface area (Å²) in [4.78, 5) is 23.3. The van der Waals surface area contributed by atoms with E-state index in [1.165, 1.54) is 0 Å². The van der Waals surface area contributed by atoms with Crippen LogP contribution in [0.5, 0.6) is 5.75 Å². The normalized spacial score (nSPS) is 10.0. The lowest BCUT2D eigenvalue weighted by atomic mass is 10.1. The van der Waals surface area contributed by atoms with Gasteiger partial charge in [0, 0.05) is 5.69 Å². The van der Waals surface area contributed by atoms with Crippen LogP contribution in [0.15, 0.2) is 48.5 Å². The molecule has 0 spiro atoms. The van der Waals surface area contributed by atoms with Crippen molar-refractivity contribution in [1.82, 2.24) is 5.32 Å². The van der Waals surface area contributed by atoms with Gasteiger partial charge in [-0.2, -0.15) is 0 Å². The van der Waals surface area contributed by atoms with Crippen molar-refractivity contribution in [3.8, 4) is 5.75 Å². The van der Waals surface area contributed by atoms with Crippen LogP contribution in [0.25, 0.3) is 0 Å². The highest BCUT2D eigenvalue weighted by Gasteiger charge is 2.11. The highest BCUT2D eigenvalue weighted by molar-refractivity contribution is 6.00. The second kappa shape index (κ2) is 8.57. The monoisotopic (exact) mass is 327 g/mol. The van der Waals surface area contributed by atoms with E-state index in [1.807, 2.05) is 30.3 Å². The molecule has 0 atom stereocenters. The summed E-state index contributed by atoms with van der Waals surface area (Å²) in [6, 6.07) is 14.7. The molecule has 2 aromatic carbocycles. The van der Waals surface area contributed by atoms with Crippen molar-refractivity contribution in [2.24, 2.45) is 5.73 Å². The number of carbonyl (C=O) groups is 2. The first kappa shape index (κ1) is 17.3. The fraction of sp³-hybridized carbons (Fsp3) is 0.222. The predicted octanol–water partition coefficient (Wildman–Crippen LogP) is 1.70. The molecule has 0 bridgehead atoms. The Hall–Kier alpha value is -3.02. The summed E-state index contributed by atoms with van der Waals surface area (Å²) in [5.41, 5.74) is 7.10. The Balaban J connectivity index is 1.76. The number of ether oxygens (including phenoxy) is 1. The van der Waals surface area contributed by atoms with Gasteiger partial charge in [0.15, 0.2) is 0 Å². The zero-order chi connectivity index (χ0) is 17.4. The second-order valence-electron chi connectivity index (χ2n) is 5.23. The van der Waals surface area contributed by atoms with Crippen LogP contribution in [0.1, 0.15) is 15.9 Å². The SMILES string of the molecule is Cc1cccc(NCC(=O)NCCOc2ccccc2)c1C(N)=O. The van der Waals surface area contributed by atoms with Gasteiger partial charge in [-0.05, 0) is 30.7 Å². The van der Waals surface area contributed by atoms with Crippen LogP contribution in [0.4, 0.5) is 5.69 Å². The molecule has 24 heavy (non-hydrogen) atoms. The molecule has 0 aromatic heterocycles. The van der Waals surface area contributed by atoms with Gasteiger partial charge in [0.25, 0.3) is 5.91 Å². The molecule has 2 rings (SSSR count). The third-order valence-electron chi connectivity index (χ3n) is 3.39. The maximum atomic E-state index is 11.8. The van der Waals surface area contributed by atoms with Crippen LogP contribution in [-0.4, -0.2) is 31.5 Å². The van der Waals surface area contributed by atoms with Crippen LogP contribution in [0.3, 0.4) is 0 Å². The minimum Gasteiger partial charge on any atom is -0.492 e. The first-order valence-electron chi connectivity index (χ1n) is 7.66. The maximum absolute atomic E-state index is 11.8. The average molecular weight is 327 g/mol. The number of rotatable bonds is 8. The molecule has 0 saturated carbocycles. The molecule has 2 amide bonds. The molecule has 4 N–H and O–H groups in total. The minimum atomic E-state index is -0.521. The van der Waals surface area contributed by atoms with Crippen molar-refractivity contribution < 1.29 is 14.3 Å². The van der Waals surface area contributed by atoms with Crippen molar-refractivity contribution in [1.29, 1.82) is 0 Å². The molecule has 0 radical (unpaired) electrons. The Morgan fingerprint density at radius 2 is 1.83 bits per heavy atom. The first-order valence-corrected chi connectivity index (χ1v) is 7.66. The largest absolute Gasteiger partial charge is 0.492 e. The molecule has 0 fully saturated rings. The van der Waals surface area contributed by atoms with E-state index in [0.717, 1.165) is 11.3 Å². The number of amides is 2. The quantitative estimate of drug-likeness (QED) is 0.643. The summed E-state index contributed by atoms with van der Waals surface area (Å²) in [7, 11) is 0. The molecule has 0 saturated heterocycles. The highest BCUT2D eigenvalue weighted by atomic mass is 16.5. The lowest BCUT2D eigenvalue weighted by Crippen LogP contribution is -2.33. The van der Waals surface area contributed by atoms with E-state index in [0.29, 0.717) is 24.4 Å². The molecule has 0 unspecified atom stereocenters. The molecular formula is C18H21N3O3. The molecule has 0 aliphatic carbocycles. The lowest BCUT2D eigenvalue weighted by Gasteiger charge is -2.12. The number of benzene rings is 2. The third-order valence-corrected chi connectivity index (χ3v) is 3.39. The van der Waals surface area contributed by atoms with Gasteiger partial charge in [-0.25, -0.2) is 0 Å². The molecular weight excluding hydrogens is 306 g/mol. The van der Waals surface area contributed by atoms with E-state index in [2.05, 4.69) is 10.6 Å². The van der Waals surface area contributed by atoms with Crippen LogP contribution < -0.4 is 21.1 Å². The van der Waals surface area contributed by atoms with Crippen molar-refractivity contribution in [3.05, 3.63) is 59.7 Å². The molecule has 0 aliphatic heterocycles. The van der Waals surface area contributed by atoms with E-state index < -0.39 is 5.91 Å². The number of hydrogen-bond donors (Lipinski definition) is 3. The molecule has 0 heterocycles. The number of aryl methyl sites for hydroxylation is 1. The first-order chi connectivity index (χ1) is 11.6. The second-order valence-corrected chi connectivity index (χ2v) is 5.23. The molecule has 6 nitrogen and oxygen atoms in total. The fourth-order valence-corrected chi connectivity index (χ4v) is 2.26. The van der Waals surface area contributed by atoms with Crippen LogP contribution in [-0.2, 0) is 4.79 Å². The number of nitrogens with one attached hydrogen (secondary N) is 2. The van der Waals surface area contributed by atoms with Crippen molar-refractivity contribution >= 4 is 17.5 Å². The van der Waals surface area contributed by atoms with E-state index >= 15 is 0 Å². The zero-order valence-corrected chi connectivity index (χ0v) is 13.5. The fourth-order valence-electron chi connectivity index (χ4n) is 2.26. The van der Waals surface area contributed by atoms with E-state index in [9.17, 15) is 9.59 Å². The van der Waals surface area contributed by atoms with Gasteiger partial charge in [0.05, 0.1) is 18.7 Å². The zero-order valence-electron chi connectivity index (χ0n) is 13.5. The van der Waals surface area contributed by atoms with E-state index in [1.54, 1.807) is 25.1 Å². The minimum absolute atomic E-state index is 0.0507. The number of primary amides is 1. The highest BCUT2D eigenvalue weighted by Crippen LogP contribution is 2.18. The van der Waals surface area contributed by atoms with Gasteiger partial charge in [-0.3, -0.25) is 9.59 Å². The molecule has 126 valence electrons. The van der Waals surface area contributed by atoms with Crippen molar-refractivity contribution in [2.75, 3.05) is 25.0 Å². The molecule has 2 aromatic rings. The standard InChI is InChI=1S/C18H21N3O3/c1-13-6-5-9-15(17(13)18(19)23)21-12-16(22)20-10-11-24-14-7-3-2-4-8-14/h2-9,21H,10-12H2,1H3,(H2,19,23)(H,20,22). The summed E-state index contributed by atoms with van der Waals surface area (Å²) in [6.45, 7) is 2.62. The van der Waals surface area contributed by atoms with Crippen molar-refractivity contribution in [3.63, 3.8) is 0 Å².